The second kappa shape index (κ2) is 10.4. The molecule has 41 heavy (non-hydrogen) atoms. The molecule has 0 aliphatic carbocycles. The molecule has 7 nitrogen and oxygen atoms in total. The summed E-state index contributed by atoms with van der Waals surface area (Å²) in [5, 5.41) is 9.83. The van der Waals surface area contributed by atoms with E-state index in [4.69, 9.17) is 9.15 Å². The van der Waals surface area contributed by atoms with E-state index in [9.17, 15) is 27.9 Å². The van der Waals surface area contributed by atoms with Crippen molar-refractivity contribution >= 4 is 17.6 Å². The van der Waals surface area contributed by atoms with Gasteiger partial charge < -0.3 is 14.3 Å². The van der Waals surface area contributed by atoms with Crippen molar-refractivity contribution in [2.24, 2.45) is 0 Å². The van der Waals surface area contributed by atoms with Crippen molar-refractivity contribution in [3.05, 3.63) is 101 Å². The van der Waals surface area contributed by atoms with Gasteiger partial charge in [0.1, 0.15) is 29.9 Å². The Morgan fingerprint density at radius 1 is 1.02 bits per heavy atom. The molecule has 1 amide bonds. The molecule has 10 heteroatoms. The Balaban J connectivity index is 1.33. The van der Waals surface area contributed by atoms with Crippen LogP contribution in [0, 0.1) is 6.92 Å². The van der Waals surface area contributed by atoms with E-state index in [-0.39, 0.29) is 24.8 Å². The van der Waals surface area contributed by atoms with Crippen molar-refractivity contribution in [3.8, 4) is 17.2 Å². The number of rotatable bonds is 7. The van der Waals surface area contributed by atoms with Crippen molar-refractivity contribution in [3.63, 3.8) is 0 Å². The third kappa shape index (κ3) is 5.41. The lowest BCUT2D eigenvalue weighted by atomic mass is 9.82. The second-order valence-corrected chi connectivity index (χ2v) is 10.4. The van der Waals surface area contributed by atoms with Gasteiger partial charge in [0, 0.05) is 17.7 Å². The van der Waals surface area contributed by atoms with Crippen LogP contribution >= 0.6 is 0 Å². The maximum absolute atomic E-state index is 13.8. The van der Waals surface area contributed by atoms with Gasteiger partial charge >= 0.3 is 12.1 Å². The van der Waals surface area contributed by atoms with Crippen LogP contribution in [0.15, 0.2) is 77.2 Å². The molecule has 2 heterocycles. The van der Waals surface area contributed by atoms with Crippen molar-refractivity contribution in [1.82, 2.24) is 4.98 Å². The lowest BCUT2D eigenvalue weighted by molar-refractivity contribution is -0.140. The van der Waals surface area contributed by atoms with Crippen LogP contribution in [-0.4, -0.2) is 28.0 Å². The maximum atomic E-state index is 13.8. The molecule has 1 aliphatic heterocycles. The number of aromatic nitrogens is 1. The van der Waals surface area contributed by atoms with Crippen molar-refractivity contribution in [1.29, 1.82) is 0 Å². The number of nitrogens with zero attached hydrogens (tertiary/aromatic N) is 2. The molecule has 1 atom stereocenters. The van der Waals surface area contributed by atoms with E-state index in [0.29, 0.717) is 34.0 Å². The molecule has 1 aliphatic rings. The number of carbonyl (C=O) groups excluding carboxylic acids is 1. The number of alkyl halides is 3. The topological polar surface area (TPSA) is 92.9 Å². The second-order valence-electron chi connectivity index (χ2n) is 10.4. The first kappa shape index (κ1) is 27.9. The number of carboxylic acid groups (broad SMARTS) is 1. The first-order valence-electron chi connectivity index (χ1n) is 12.9. The van der Waals surface area contributed by atoms with Crippen LogP contribution in [0.2, 0.25) is 0 Å². The number of aryl methyl sites for hydroxylation is 1. The Hall–Kier alpha value is -4.60. The van der Waals surface area contributed by atoms with Gasteiger partial charge in [-0.15, -0.1) is 0 Å². The Morgan fingerprint density at radius 3 is 2.41 bits per heavy atom. The summed E-state index contributed by atoms with van der Waals surface area (Å²) in [6.45, 7) is 5.19. The fourth-order valence-electron chi connectivity index (χ4n) is 4.87. The smallest absolute Gasteiger partial charge is 0.416 e. The van der Waals surface area contributed by atoms with Crippen LogP contribution in [0.5, 0.6) is 5.75 Å². The third-order valence-electron chi connectivity index (χ3n) is 7.30. The number of para-hydroxylation sites is 1. The van der Waals surface area contributed by atoms with E-state index in [0.717, 1.165) is 17.7 Å². The molecule has 0 unspecified atom stereocenters. The average molecular weight is 565 g/mol. The SMILES string of the molecule is Cc1oc(-c2ccc(C(F)(F)F)cc2)nc1COc1cccc(C(C)(C)C(=O)N2c3ccccc3C[C@@H]2C(=O)O)c1. The van der Waals surface area contributed by atoms with Gasteiger partial charge in [0.25, 0.3) is 0 Å². The van der Waals surface area contributed by atoms with Gasteiger partial charge in [-0.1, -0.05) is 30.3 Å². The van der Waals surface area contributed by atoms with E-state index in [1.54, 1.807) is 57.2 Å². The van der Waals surface area contributed by atoms with E-state index in [1.807, 2.05) is 12.1 Å². The number of amides is 1. The first-order chi connectivity index (χ1) is 19.4. The third-order valence-corrected chi connectivity index (χ3v) is 7.30. The zero-order chi connectivity index (χ0) is 29.5. The fourth-order valence-corrected chi connectivity index (χ4v) is 4.87. The van der Waals surface area contributed by atoms with Gasteiger partial charge in [0.2, 0.25) is 11.8 Å². The van der Waals surface area contributed by atoms with E-state index in [2.05, 4.69) is 4.98 Å². The zero-order valence-electron chi connectivity index (χ0n) is 22.5. The molecule has 1 aromatic heterocycles. The van der Waals surface area contributed by atoms with Crippen molar-refractivity contribution < 1.29 is 37.0 Å². The van der Waals surface area contributed by atoms with Crippen LogP contribution in [-0.2, 0) is 34.2 Å². The predicted molar refractivity (Wildman–Crippen MR) is 145 cm³/mol. The maximum Gasteiger partial charge on any atom is 0.416 e. The Kier molecular flexibility index (Phi) is 7.10. The van der Waals surface area contributed by atoms with Crippen LogP contribution < -0.4 is 9.64 Å². The highest BCUT2D eigenvalue weighted by atomic mass is 19.4. The molecule has 0 saturated heterocycles. The number of fused-ring (bicyclic) bond motifs is 1. The summed E-state index contributed by atoms with van der Waals surface area (Å²) >= 11 is 0. The number of halogens is 3. The summed E-state index contributed by atoms with van der Waals surface area (Å²) in [6.07, 6.45) is -4.20. The molecule has 3 aromatic carbocycles. The minimum Gasteiger partial charge on any atom is -0.487 e. The predicted octanol–water partition coefficient (Wildman–Crippen LogP) is 6.57. The van der Waals surface area contributed by atoms with E-state index < -0.39 is 29.2 Å². The number of carbonyl (C=O) groups is 2. The number of ether oxygens (including phenoxy) is 1. The minimum absolute atomic E-state index is 0.0222. The Bertz CT molecular complexity index is 1610. The molecule has 0 bridgehead atoms. The minimum atomic E-state index is -4.44. The molecule has 5 rings (SSSR count). The van der Waals surface area contributed by atoms with Gasteiger partial charge in [-0.05, 0) is 74.4 Å². The van der Waals surface area contributed by atoms with Crippen LogP contribution in [0.25, 0.3) is 11.5 Å². The summed E-state index contributed by atoms with van der Waals surface area (Å²) in [4.78, 5) is 31.6. The lowest BCUT2D eigenvalue weighted by Crippen LogP contribution is -2.50. The van der Waals surface area contributed by atoms with Gasteiger partial charge in [0.05, 0.1) is 11.0 Å². The number of hydrogen-bond donors (Lipinski definition) is 1. The summed E-state index contributed by atoms with van der Waals surface area (Å²) in [5.74, 6) is -0.326. The lowest BCUT2D eigenvalue weighted by Gasteiger charge is -2.32. The fraction of sp³-hybridized carbons (Fsp3) is 0.258. The summed E-state index contributed by atoms with van der Waals surface area (Å²) < 4.78 is 50.3. The van der Waals surface area contributed by atoms with Gasteiger partial charge in [-0.3, -0.25) is 9.69 Å². The molecule has 0 fully saturated rings. The van der Waals surface area contributed by atoms with E-state index >= 15 is 0 Å². The van der Waals surface area contributed by atoms with Gasteiger partial charge in [0.15, 0.2) is 0 Å². The highest BCUT2D eigenvalue weighted by Gasteiger charge is 2.44. The summed E-state index contributed by atoms with van der Waals surface area (Å²) in [6, 6.07) is 17.7. The number of oxazole rings is 1. The highest BCUT2D eigenvalue weighted by molar-refractivity contribution is 6.06. The highest BCUT2D eigenvalue weighted by Crippen LogP contribution is 2.38. The summed E-state index contributed by atoms with van der Waals surface area (Å²) in [7, 11) is 0. The van der Waals surface area contributed by atoms with Crippen molar-refractivity contribution in [2.45, 2.75) is 51.4 Å². The normalized spacial score (nSPS) is 15.1. The Labute approximate surface area is 234 Å². The monoisotopic (exact) mass is 564 g/mol. The molecular formula is C31H27F3N2O5. The molecule has 212 valence electrons. The van der Waals surface area contributed by atoms with Crippen molar-refractivity contribution in [2.75, 3.05) is 4.90 Å². The number of carboxylic acids is 1. The average Bonchev–Trinajstić information content (AvgIpc) is 3.52. The Morgan fingerprint density at radius 2 is 1.73 bits per heavy atom. The van der Waals surface area contributed by atoms with Gasteiger partial charge in [-0.2, -0.15) is 13.2 Å². The summed E-state index contributed by atoms with van der Waals surface area (Å²) in [5.41, 5.74) is 1.06. The first-order valence-corrected chi connectivity index (χ1v) is 12.9. The molecule has 0 radical (unpaired) electrons. The van der Waals surface area contributed by atoms with E-state index in [1.165, 1.54) is 17.0 Å². The molecule has 0 saturated carbocycles. The quantitative estimate of drug-likeness (QED) is 0.273. The molecule has 0 spiro atoms. The number of anilines is 1. The van der Waals surface area contributed by atoms with Crippen LogP contribution in [0.3, 0.4) is 0 Å². The standard InChI is InChI=1S/C31H27F3N2O5/c1-18-24(35-27(41-18)19-11-13-21(14-12-19)31(32,33)34)17-40-23-9-6-8-22(16-23)30(2,3)29(39)36-25-10-5-4-7-20(25)15-26(36)28(37)38/h4-14,16,26H,15,17H2,1-3H3,(H,37,38)/t26-/m1/s1. The number of benzene rings is 3. The largest absolute Gasteiger partial charge is 0.487 e. The molecular weight excluding hydrogens is 537 g/mol. The zero-order valence-corrected chi connectivity index (χ0v) is 22.5. The van der Waals surface area contributed by atoms with Crippen LogP contribution in [0.1, 0.15) is 42.0 Å². The molecule has 4 aromatic rings. The van der Waals surface area contributed by atoms with Crippen LogP contribution in [0.4, 0.5) is 18.9 Å². The molecule has 1 N–H and O–H groups in total. The number of hydrogen-bond acceptors (Lipinski definition) is 5. The number of aliphatic carboxylic acids is 1. The van der Waals surface area contributed by atoms with Gasteiger partial charge in [-0.25, -0.2) is 9.78 Å².